The van der Waals surface area contributed by atoms with E-state index in [0.29, 0.717) is 5.56 Å². The van der Waals surface area contributed by atoms with E-state index in [2.05, 4.69) is 5.32 Å². The molecule has 0 spiro atoms. The van der Waals surface area contributed by atoms with Gasteiger partial charge in [-0.15, -0.1) is 11.3 Å². The first kappa shape index (κ1) is 15.3. The van der Waals surface area contributed by atoms with Gasteiger partial charge in [0.05, 0.1) is 16.1 Å². The molecule has 0 radical (unpaired) electrons. The van der Waals surface area contributed by atoms with E-state index in [1.54, 1.807) is 13.8 Å². The molecular weight excluding hydrogens is 314 g/mol. The number of aryl methyl sites for hydroxylation is 1. The van der Waals surface area contributed by atoms with Crippen LogP contribution in [0.15, 0.2) is 18.2 Å². The van der Waals surface area contributed by atoms with Gasteiger partial charge in [0.1, 0.15) is 10.8 Å². The Hall–Kier alpha value is -2.05. The number of phenolic OH excluding ortho intramolecular Hbond substituents is 1. The van der Waals surface area contributed by atoms with E-state index in [1.165, 1.54) is 29.5 Å². The Morgan fingerprint density at radius 3 is 2.57 bits per heavy atom. The summed E-state index contributed by atoms with van der Waals surface area (Å²) < 4.78 is 0. The van der Waals surface area contributed by atoms with E-state index in [4.69, 9.17) is 11.6 Å². The zero-order chi connectivity index (χ0) is 15.7. The van der Waals surface area contributed by atoms with Crippen LogP contribution in [-0.4, -0.2) is 22.1 Å². The predicted molar refractivity (Wildman–Crippen MR) is 81.8 cm³/mol. The smallest absolute Gasteiger partial charge is 0.338 e. The van der Waals surface area contributed by atoms with Crippen LogP contribution >= 0.6 is 22.9 Å². The number of phenols is 1. The van der Waals surface area contributed by atoms with E-state index < -0.39 is 11.9 Å². The Morgan fingerprint density at radius 2 is 1.95 bits per heavy atom. The van der Waals surface area contributed by atoms with Crippen molar-refractivity contribution < 1.29 is 19.8 Å². The van der Waals surface area contributed by atoms with Gasteiger partial charge >= 0.3 is 5.97 Å². The summed E-state index contributed by atoms with van der Waals surface area (Å²) in [5, 5.41) is 21.6. The summed E-state index contributed by atoms with van der Waals surface area (Å²) in [6, 6.07) is 3.99. The standard InChI is InChI=1S/C14H12ClNO4S/c1-6-7(2)21-13(11(6)14(19)20)16-12(18)9-5-8(17)3-4-10(9)15/h3-5,17H,1-2H3,(H,16,18)(H,19,20). The zero-order valence-corrected chi connectivity index (χ0v) is 12.8. The molecule has 2 aromatic rings. The molecular formula is C14H12ClNO4S. The van der Waals surface area contributed by atoms with Crippen molar-refractivity contribution in [3.05, 3.63) is 44.8 Å². The van der Waals surface area contributed by atoms with Crippen LogP contribution in [0.25, 0.3) is 0 Å². The fraction of sp³-hybridized carbons (Fsp3) is 0.143. The lowest BCUT2D eigenvalue weighted by Crippen LogP contribution is -2.14. The number of halogens is 1. The second-order valence-corrected chi connectivity index (χ2v) is 6.04. The van der Waals surface area contributed by atoms with Crippen molar-refractivity contribution in [2.45, 2.75) is 13.8 Å². The average molecular weight is 326 g/mol. The molecule has 3 N–H and O–H groups in total. The molecule has 21 heavy (non-hydrogen) atoms. The van der Waals surface area contributed by atoms with Crippen LogP contribution in [0.2, 0.25) is 5.02 Å². The van der Waals surface area contributed by atoms with Gasteiger partial charge in [-0.25, -0.2) is 4.79 Å². The topological polar surface area (TPSA) is 86.6 Å². The molecule has 1 amide bonds. The first-order valence-corrected chi connectivity index (χ1v) is 7.14. The lowest BCUT2D eigenvalue weighted by atomic mass is 10.1. The summed E-state index contributed by atoms with van der Waals surface area (Å²) in [5.41, 5.74) is 0.767. The minimum Gasteiger partial charge on any atom is -0.508 e. The van der Waals surface area contributed by atoms with E-state index in [-0.39, 0.29) is 26.9 Å². The van der Waals surface area contributed by atoms with E-state index >= 15 is 0 Å². The number of carboxylic acid groups (broad SMARTS) is 1. The van der Waals surface area contributed by atoms with Gasteiger partial charge in [-0.05, 0) is 37.6 Å². The van der Waals surface area contributed by atoms with Crippen molar-refractivity contribution in [2.24, 2.45) is 0 Å². The molecule has 1 aromatic carbocycles. The van der Waals surface area contributed by atoms with Crippen LogP contribution in [-0.2, 0) is 0 Å². The summed E-state index contributed by atoms with van der Waals surface area (Å²) in [4.78, 5) is 24.3. The van der Waals surface area contributed by atoms with Crippen molar-refractivity contribution in [2.75, 3.05) is 5.32 Å². The summed E-state index contributed by atoms with van der Waals surface area (Å²) in [6.45, 7) is 3.47. The molecule has 0 saturated heterocycles. The highest BCUT2D eigenvalue weighted by Crippen LogP contribution is 2.33. The molecule has 1 heterocycles. The molecule has 110 valence electrons. The van der Waals surface area contributed by atoms with E-state index in [9.17, 15) is 19.8 Å². The third-order valence-electron chi connectivity index (χ3n) is 3.02. The lowest BCUT2D eigenvalue weighted by Gasteiger charge is -2.07. The molecule has 0 atom stereocenters. The number of carbonyl (C=O) groups excluding carboxylic acids is 1. The summed E-state index contributed by atoms with van der Waals surface area (Å²) >= 11 is 7.10. The minimum absolute atomic E-state index is 0.0714. The Balaban J connectivity index is 2.38. The van der Waals surface area contributed by atoms with E-state index in [1.807, 2.05) is 0 Å². The Labute approximate surface area is 129 Å². The Bertz CT molecular complexity index is 739. The number of carbonyl (C=O) groups is 2. The number of benzene rings is 1. The van der Waals surface area contributed by atoms with Crippen LogP contribution < -0.4 is 5.32 Å². The van der Waals surface area contributed by atoms with Crippen molar-refractivity contribution in [3.63, 3.8) is 0 Å². The largest absolute Gasteiger partial charge is 0.508 e. The molecule has 0 aliphatic heterocycles. The molecule has 0 aliphatic rings. The number of amides is 1. The quantitative estimate of drug-likeness (QED) is 0.803. The predicted octanol–water partition coefficient (Wildman–Crippen LogP) is 3.67. The highest BCUT2D eigenvalue weighted by Gasteiger charge is 2.21. The molecule has 0 unspecified atom stereocenters. The normalized spacial score (nSPS) is 10.4. The van der Waals surface area contributed by atoms with E-state index in [0.717, 1.165) is 4.88 Å². The first-order valence-electron chi connectivity index (χ1n) is 5.94. The van der Waals surface area contributed by atoms with Crippen molar-refractivity contribution in [3.8, 4) is 5.75 Å². The van der Waals surface area contributed by atoms with Crippen molar-refractivity contribution in [1.82, 2.24) is 0 Å². The van der Waals surface area contributed by atoms with Gasteiger partial charge in [0.2, 0.25) is 0 Å². The van der Waals surface area contributed by atoms with Crippen LogP contribution in [0.5, 0.6) is 5.75 Å². The minimum atomic E-state index is -1.10. The molecule has 1 aromatic heterocycles. The highest BCUT2D eigenvalue weighted by atomic mass is 35.5. The third kappa shape index (κ3) is 3.01. The van der Waals surface area contributed by atoms with Gasteiger partial charge < -0.3 is 15.5 Å². The number of rotatable bonds is 3. The summed E-state index contributed by atoms with van der Waals surface area (Å²) in [6.07, 6.45) is 0. The monoisotopic (exact) mass is 325 g/mol. The average Bonchev–Trinajstić information content (AvgIpc) is 2.67. The van der Waals surface area contributed by atoms with Gasteiger partial charge in [0.15, 0.2) is 0 Å². The summed E-state index contributed by atoms with van der Waals surface area (Å²) in [5.74, 6) is -1.77. The third-order valence-corrected chi connectivity index (χ3v) is 4.47. The maximum absolute atomic E-state index is 12.2. The molecule has 2 rings (SSSR count). The fourth-order valence-corrected chi connectivity index (χ4v) is 3.08. The van der Waals surface area contributed by atoms with Crippen LogP contribution in [0.1, 0.15) is 31.2 Å². The molecule has 0 saturated carbocycles. The Kier molecular flexibility index (Phi) is 4.20. The highest BCUT2D eigenvalue weighted by molar-refractivity contribution is 7.16. The van der Waals surface area contributed by atoms with Gasteiger partial charge in [0, 0.05) is 4.88 Å². The number of carboxylic acids is 1. The molecule has 0 bridgehead atoms. The number of aromatic hydroxyl groups is 1. The van der Waals surface area contributed by atoms with Crippen molar-refractivity contribution >= 4 is 39.8 Å². The van der Waals surface area contributed by atoms with Crippen LogP contribution in [0.4, 0.5) is 5.00 Å². The lowest BCUT2D eigenvalue weighted by molar-refractivity contribution is 0.0697. The summed E-state index contributed by atoms with van der Waals surface area (Å²) in [7, 11) is 0. The second-order valence-electron chi connectivity index (χ2n) is 4.41. The molecule has 0 aliphatic carbocycles. The number of hydrogen-bond acceptors (Lipinski definition) is 4. The van der Waals surface area contributed by atoms with Gasteiger partial charge in [-0.3, -0.25) is 4.79 Å². The zero-order valence-electron chi connectivity index (χ0n) is 11.2. The Morgan fingerprint density at radius 1 is 1.29 bits per heavy atom. The fourth-order valence-electron chi connectivity index (χ4n) is 1.83. The van der Waals surface area contributed by atoms with Gasteiger partial charge in [0.25, 0.3) is 5.91 Å². The number of hydrogen-bond donors (Lipinski definition) is 3. The number of aromatic carboxylic acids is 1. The van der Waals surface area contributed by atoms with Gasteiger partial charge in [-0.1, -0.05) is 11.6 Å². The number of thiophene rings is 1. The van der Waals surface area contributed by atoms with Gasteiger partial charge in [-0.2, -0.15) is 0 Å². The van der Waals surface area contributed by atoms with Crippen LogP contribution in [0.3, 0.4) is 0 Å². The SMILES string of the molecule is Cc1sc(NC(=O)c2cc(O)ccc2Cl)c(C(=O)O)c1C. The maximum Gasteiger partial charge on any atom is 0.338 e. The first-order chi connectivity index (χ1) is 9.81. The second kappa shape index (κ2) is 5.75. The molecule has 0 fully saturated rings. The van der Waals surface area contributed by atoms with Crippen molar-refractivity contribution in [1.29, 1.82) is 0 Å². The maximum atomic E-state index is 12.2. The molecule has 5 nitrogen and oxygen atoms in total. The van der Waals surface area contributed by atoms with Crippen LogP contribution in [0, 0.1) is 13.8 Å². The number of anilines is 1. The number of nitrogens with one attached hydrogen (secondary N) is 1. The molecule has 7 heteroatoms.